The number of rotatable bonds is 3. The zero-order chi connectivity index (χ0) is 12.6. The molecule has 0 aliphatic carbocycles. The molecule has 0 aliphatic rings. The van der Waals surface area contributed by atoms with Gasteiger partial charge in [0.05, 0.1) is 11.2 Å². The second kappa shape index (κ2) is 4.18. The molecular formula is C12H15N3O2. The molecule has 90 valence electrons. The van der Waals surface area contributed by atoms with Crippen LogP contribution in [0.5, 0.6) is 0 Å². The van der Waals surface area contributed by atoms with E-state index in [1.54, 1.807) is 0 Å². The van der Waals surface area contributed by atoms with Gasteiger partial charge >= 0.3 is 5.97 Å². The normalized spacial score (nSPS) is 12.9. The summed E-state index contributed by atoms with van der Waals surface area (Å²) in [5.74, 6) is -0.0575. The molecule has 1 unspecified atom stereocenters. The first-order chi connectivity index (χ1) is 7.99. The number of carbonyl (C=O) groups is 1. The summed E-state index contributed by atoms with van der Waals surface area (Å²) in [6, 6.07) is 2.96. The molecule has 2 heterocycles. The van der Waals surface area contributed by atoms with Gasteiger partial charge < -0.3 is 15.2 Å². The molecule has 0 aliphatic heterocycles. The Kier molecular flexibility index (Phi) is 2.85. The van der Waals surface area contributed by atoms with Gasteiger partial charge in [0.1, 0.15) is 11.9 Å². The fraction of sp³-hybridized carbons (Fsp3) is 0.333. The maximum atomic E-state index is 10.7. The van der Waals surface area contributed by atoms with E-state index in [-0.39, 0.29) is 0 Å². The lowest BCUT2D eigenvalue weighted by Gasteiger charge is -2.07. The van der Waals surface area contributed by atoms with Crippen LogP contribution < -0.4 is 5.73 Å². The second-order valence-corrected chi connectivity index (χ2v) is 4.18. The zero-order valence-electron chi connectivity index (χ0n) is 9.84. The van der Waals surface area contributed by atoms with Crippen LogP contribution in [0.25, 0.3) is 5.52 Å². The molecule has 2 rings (SSSR count). The van der Waals surface area contributed by atoms with Crippen LogP contribution in [0, 0.1) is 13.8 Å². The van der Waals surface area contributed by atoms with Crippen molar-refractivity contribution in [2.75, 3.05) is 0 Å². The van der Waals surface area contributed by atoms with Crippen molar-refractivity contribution in [3.63, 3.8) is 0 Å². The van der Waals surface area contributed by atoms with Gasteiger partial charge in [-0.05, 0) is 38.0 Å². The van der Waals surface area contributed by atoms with Crippen LogP contribution in [-0.2, 0) is 11.2 Å². The fourth-order valence-electron chi connectivity index (χ4n) is 1.93. The van der Waals surface area contributed by atoms with Crippen molar-refractivity contribution >= 4 is 11.5 Å². The first kappa shape index (κ1) is 11.6. The van der Waals surface area contributed by atoms with Gasteiger partial charge in [-0.15, -0.1) is 0 Å². The number of imidazole rings is 1. The number of fused-ring (bicyclic) bond motifs is 1. The molecule has 3 N–H and O–H groups in total. The van der Waals surface area contributed by atoms with Gasteiger partial charge in [-0.25, -0.2) is 4.98 Å². The highest BCUT2D eigenvalue weighted by molar-refractivity contribution is 5.73. The first-order valence-corrected chi connectivity index (χ1v) is 5.41. The third-order valence-electron chi connectivity index (χ3n) is 2.84. The van der Waals surface area contributed by atoms with Gasteiger partial charge in [-0.2, -0.15) is 0 Å². The summed E-state index contributed by atoms with van der Waals surface area (Å²) in [6.07, 6.45) is 2.23. The number of pyridine rings is 1. The Morgan fingerprint density at radius 3 is 2.94 bits per heavy atom. The standard InChI is InChI=1S/C12H15N3O2/c1-7-11-6-9(5-10(13)12(16)17)3-4-15(11)8(2)14-7/h3-4,6,10H,5,13H2,1-2H3,(H,16,17). The molecule has 0 spiro atoms. The molecule has 1 atom stereocenters. The number of nitrogens with two attached hydrogens (primary N) is 1. The van der Waals surface area contributed by atoms with Crippen LogP contribution in [0.2, 0.25) is 0 Å². The summed E-state index contributed by atoms with van der Waals surface area (Å²) < 4.78 is 1.98. The Labute approximate surface area is 98.9 Å². The van der Waals surface area contributed by atoms with E-state index in [2.05, 4.69) is 4.98 Å². The number of hydrogen-bond donors (Lipinski definition) is 2. The van der Waals surface area contributed by atoms with Crippen molar-refractivity contribution in [3.05, 3.63) is 35.4 Å². The highest BCUT2D eigenvalue weighted by Gasteiger charge is 2.13. The number of hydrogen-bond acceptors (Lipinski definition) is 3. The summed E-state index contributed by atoms with van der Waals surface area (Å²) in [4.78, 5) is 15.1. The van der Waals surface area contributed by atoms with E-state index < -0.39 is 12.0 Å². The van der Waals surface area contributed by atoms with Crippen LogP contribution >= 0.6 is 0 Å². The highest BCUT2D eigenvalue weighted by atomic mass is 16.4. The van der Waals surface area contributed by atoms with E-state index in [4.69, 9.17) is 10.8 Å². The Bertz CT molecular complexity index is 574. The van der Waals surface area contributed by atoms with Crippen molar-refractivity contribution in [1.29, 1.82) is 0 Å². The van der Waals surface area contributed by atoms with Gasteiger partial charge in [0.25, 0.3) is 0 Å². The molecule has 0 bridgehead atoms. The largest absolute Gasteiger partial charge is 0.480 e. The minimum Gasteiger partial charge on any atom is -0.480 e. The van der Waals surface area contributed by atoms with Crippen molar-refractivity contribution in [3.8, 4) is 0 Å². The maximum absolute atomic E-state index is 10.7. The lowest BCUT2D eigenvalue weighted by atomic mass is 10.1. The quantitative estimate of drug-likeness (QED) is 0.825. The second-order valence-electron chi connectivity index (χ2n) is 4.18. The first-order valence-electron chi connectivity index (χ1n) is 5.41. The van der Waals surface area contributed by atoms with Gasteiger partial charge in [0, 0.05) is 6.20 Å². The number of nitrogens with zero attached hydrogens (tertiary/aromatic N) is 2. The van der Waals surface area contributed by atoms with Crippen molar-refractivity contribution < 1.29 is 9.90 Å². The van der Waals surface area contributed by atoms with Gasteiger partial charge in [-0.3, -0.25) is 4.79 Å². The molecule has 0 fully saturated rings. The molecule has 0 aromatic carbocycles. The topological polar surface area (TPSA) is 80.6 Å². The Morgan fingerprint density at radius 2 is 2.29 bits per heavy atom. The molecule has 0 radical (unpaired) electrons. The number of aliphatic carboxylic acids is 1. The average molecular weight is 233 g/mol. The predicted octanol–water partition coefficient (Wildman–Crippen LogP) is 0.906. The molecule has 2 aromatic rings. The SMILES string of the molecule is Cc1nc(C)n2ccc(CC(N)C(=O)O)cc12. The minimum atomic E-state index is -0.980. The van der Waals surface area contributed by atoms with Crippen LogP contribution in [0.1, 0.15) is 17.1 Å². The van der Waals surface area contributed by atoms with Crippen LogP contribution in [0.15, 0.2) is 18.3 Å². The summed E-state index contributed by atoms with van der Waals surface area (Å²) in [6.45, 7) is 3.87. The number of aryl methyl sites for hydroxylation is 2. The zero-order valence-corrected chi connectivity index (χ0v) is 9.84. The summed E-state index contributed by atoms with van der Waals surface area (Å²) >= 11 is 0. The van der Waals surface area contributed by atoms with E-state index in [0.29, 0.717) is 6.42 Å². The molecule has 2 aromatic heterocycles. The molecule has 0 saturated carbocycles. The summed E-state index contributed by atoms with van der Waals surface area (Å²) in [5.41, 5.74) is 8.36. The minimum absolute atomic E-state index is 0.329. The predicted molar refractivity (Wildman–Crippen MR) is 64.0 cm³/mol. The van der Waals surface area contributed by atoms with Crippen molar-refractivity contribution in [2.24, 2.45) is 5.73 Å². The monoisotopic (exact) mass is 233 g/mol. The van der Waals surface area contributed by atoms with Crippen LogP contribution in [0.4, 0.5) is 0 Å². The van der Waals surface area contributed by atoms with E-state index in [1.807, 2.05) is 36.6 Å². The molecule has 0 saturated heterocycles. The Morgan fingerprint density at radius 1 is 1.59 bits per heavy atom. The van der Waals surface area contributed by atoms with Crippen molar-refractivity contribution in [2.45, 2.75) is 26.3 Å². The third-order valence-corrected chi connectivity index (χ3v) is 2.84. The van der Waals surface area contributed by atoms with E-state index in [1.165, 1.54) is 0 Å². The summed E-state index contributed by atoms with van der Waals surface area (Å²) in [5, 5.41) is 8.77. The van der Waals surface area contributed by atoms with E-state index in [0.717, 1.165) is 22.6 Å². The van der Waals surface area contributed by atoms with Gasteiger partial charge in [0.2, 0.25) is 0 Å². The smallest absolute Gasteiger partial charge is 0.320 e. The molecule has 5 nitrogen and oxygen atoms in total. The fourth-order valence-corrected chi connectivity index (χ4v) is 1.93. The summed E-state index contributed by atoms with van der Waals surface area (Å²) in [7, 11) is 0. The lowest BCUT2D eigenvalue weighted by molar-refractivity contribution is -0.138. The average Bonchev–Trinajstić information content (AvgIpc) is 2.54. The number of carboxylic acid groups (broad SMARTS) is 1. The maximum Gasteiger partial charge on any atom is 0.320 e. The molecular weight excluding hydrogens is 218 g/mol. The number of carboxylic acids is 1. The van der Waals surface area contributed by atoms with E-state index in [9.17, 15) is 4.79 Å². The number of aromatic nitrogens is 2. The highest BCUT2D eigenvalue weighted by Crippen LogP contribution is 2.14. The molecule has 0 amide bonds. The molecule has 5 heteroatoms. The van der Waals surface area contributed by atoms with Gasteiger partial charge in [0.15, 0.2) is 0 Å². The van der Waals surface area contributed by atoms with E-state index >= 15 is 0 Å². The lowest BCUT2D eigenvalue weighted by Crippen LogP contribution is -2.32. The van der Waals surface area contributed by atoms with Gasteiger partial charge in [-0.1, -0.05) is 0 Å². The van der Waals surface area contributed by atoms with Crippen LogP contribution in [-0.4, -0.2) is 26.5 Å². The van der Waals surface area contributed by atoms with Crippen molar-refractivity contribution in [1.82, 2.24) is 9.38 Å². The Hall–Kier alpha value is -1.88. The van der Waals surface area contributed by atoms with Crippen LogP contribution in [0.3, 0.4) is 0 Å². The third kappa shape index (κ3) is 2.14. The molecule has 17 heavy (non-hydrogen) atoms. The Balaban J connectivity index is 2.38.